The molecule has 0 fully saturated rings. The Morgan fingerprint density at radius 2 is 2.10 bits per heavy atom. The zero-order chi connectivity index (χ0) is 20.7. The van der Waals surface area contributed by atoms with E-state index in [0.29, 0.717) is 26.9 Å². The lowest BCUT2D eigenvalue weighted by Gasteiger charge is -2.32. The third-order valence-corrected chi connectivity index (χ3v) is 6.70. The number of fused-ring (bicyclic) bond motifs is 2. The molecule has 2 aromatic carbocycles. The summed E-state index contributed by atoms with van der Waals surface area (Å²) in [7, 11) is 1.52. The molecule has 1 N–H and O–H groups in total. The summed E-state index contributed by atoms with van der Waals surface area (Å²) in [6.45, 7) is 0.0231. The van der Waals surface area contributed by atoms with Gasteiger partial charge in [0.15, 0.2) is 11.6 Å². The van der Waals surface area contributed by atoms with E-state index in [1.54, 1.807) is 18.2 Å². The number of carbonyl (C=O) groups excluding carboxylic acids is 1. The zero-order valence-corrected chi connectivity index (χ0v) is 16.7. The van der Waals surface area contributed by atoms with Gasteiger partial charge in [-0.3, -0.25) is 9.59 Å². The van der Waals surface area contributed by atoms with Gasteiger partial charge in [0.2, 0.25) is 5.91 Å². The van der Waals surface area contributed by atoms with Gasteiger partial charge < -0.3 is 14.7 Å². The predicted octanol–water partition coefficient (Wildman–Crippen LogP) is 4.07. The van der Waals surface area contributed by atoms with E-state index >= 15 is 0 Å². The first-order chi connectivity index (χ1) is 13.9. The number of carbonyl (C=O) groups is 2. The van der Waals surface area contributed by atoms with Crippen molar-refractivity contribution in [3.05, 3.63) is 47.0 Å². The monoisotopic (exact) mass is 436 g/mol. The number of hydrogen-bond donors (Lipinski definition) is 1. The molecule has 0 aliphatic carbocycles. The lowest BCUT2D eigenvalue weighted by atomic mass is 10.2. The number of methoxy groups -OCH3 is 1. The SMILES string of the molecule is COc1ccc2c(c1)SC(CC(=O)O)C(=O)N2Cc1nc2ccc(F)c(F)c2s1. The van der Waals surface area contributed by atoms with Crippen LogP contribution in [0.15, 0.2) is 35.2 Å². The van der Waals surface area contributed by atoms with Gasteiger partial charge in [0.1, 0.15) is 10.8 Å². The minimum Gasteiger partial charge on any atom is -0.497 e. The van der Waals surface area contributed by atoms with E-state index in [2.05, 4.69) is 4.98 Å². The number of carboxylic acids is 1. The first-order valence-corrected chi connectivity index (χ1v) is 10.2. The van der Waals surface area contributed by atoms with Gasteiger partial charge in [-0.25, -0.2) is 13.8 Å². The van der Waals surface area contributed by atoms with Crippen molar-refractivity contribution in [2.75, 3.05) is 12.0 Å². The molecule has 2 heterocycles. The molecule has 6 nitrogen and oxygen atoms in total. The molecule has 3 aromatic rings. The van der Waals surface area contributed by atoms with Crippen LogP contribution < -0.4 is 9.64 Å². The summed E-state index contributed by atoms with van der Waals surface area (Å²) < 4.78 is 32.8. The third kappa shape index (κ3) is 3.65. The standard InChI is InChI=1S/C19H14F2N2O4S2/c1-27-9-2-5-12-13(6-9)28-14(7-16(24)25)19(26)23(12)8-15-22-11-4-3-10(20)17(21)18(11)29-15/h2-6,14H,7-8H2,1H3,(H,24,25). The second-order valence-electron chi connectivity index (χ2n) is 6.28. The molecule has 1 aliphatic rings. The highest BCUT2D eigenvalue weighted by atomic mass is 32.2. The fourth-order valence-corrected chi connectivity index (χ4v) is 5.29. The number of thioether (sulfide) groups is 1. The van der Waals surface area contributed by atoms with Crippen LogP contribution in [0.25, 0.3) is 10.2 Å². The first kappa shape index (κ1) is 19.6. The van der Waals surface area contributed by atoms with E-state index in [-0.39, 0.29) is 23.6 Å². The number of aliphatic carboxylic acids is 1. The number of amides is 1. The first-order valence-electron chi connectivity index (χ1n) is 8.48. The summed E-state index contributed by atoms with van der Waals surface area (Å²) in [5.74, 6) is -2.81. The van der Waals surface area contributed by atoms with Gasteiger partial charge in [-0.15, -0.1) is 23.1 Å². The Kier molecular flexibility index (Phi) is 5.13. The molecule has 4 rings (SSSR count). The van der Waals surface area contributed by atoms with E-state index in [1.807, 2.05) is 0 Å². The summed E-state index contributed by atoms with van der Waals surface area (Å²) in [5.41, 5.74) is 0.896. The van der Waals surface area contributed by atoms with Crippen molar-refractivity contribution in [1.29, 1.82) is 0 Å². The summed E-state index contributed by atoms with van der Waals surface area (Å²) in [5, 5.41) is 8.77. The summed E-state index contributed by atoms with van der Waals surface area (Å²) in [6, 6.07) is 7.54. The van der Waals surface area contributed by atoms with Crippen LogP contribution in [-0.4, -0.2) is 34.3 Å². The zero-order valence-electron chi connectivity index (χ0n) is 15.0. The second kappa shape index (κ2) is 7.60. The Bertz CT molecular complexity index is 1130. The maximum absolute atomic E-state index is 14.0. The van der Waals surface area contributed by atoms with Crippen molar-refractivity contribution in [2.24, 2.45) is 0 Å². The normalized spacial score (nSPS) is 16.2. The molecule has 150 valence electrons. The molecule has 1 atom stereocenters. The van der Waals surface area contributed by atoms with Crippen molar-refractivity contribution >= 4 is 50.9 Å². The van der Waals surface area contributed by atoms with Crippen LogP contribution >= 0.6 is 23.1 Å². The highest BCUT2D eigenvalue weighted by molar-refractivity contribution is 8.01. The average molecular weight is 436 g/mol. The van der Waals surface area contributed by atoms with Crippen molar-refractivity contribution in [3.8, 4) is 5.75 Å². The fourth-order valence-electron chi connectivity index (χ4n) is 3.07. The van der Waals surface area contributed by atoms with Gasteiger partial charge in [-0.05, 0) is 30.3 Å². The Hall–Kier alpha value is -2.72. The smallest absolute Gasteiger partial charge is 0.305 e. The van der Waals surface area contributed by atoms with Gasteiger partial charge in [-0.1, -0.05) is 0 Å². The fraction of sp³-hybridized carbons (Fsp3) is 0.211. The molecule has 0 radical (unpaired) electrons. The summed E-state index contributed by atoms with van der Waals surface area (Å²) in [4.78, 5) is 30.6. The van der Waals surface area contributed by atoms with Crippen molar-refractivity contribution in [3.63, 3.8) is 0 Å². The van der Waals surface area contributed by atoms with Gasteiger partial charge in [0.25, 0.3) is 0 Å². The van der Waals surface area contributed by atoms with Gasteiger partial charge >= 0.3 is 5.97 Å². The van der Waals surface area contributed by atoms with Crippen LogP contribution in [0.1, 0.15) is 11.4 Å². The van der Waals surface area contributed by atoms with Gasteiger partial charge in [0.05, 0.1) is 41.2 Å². The maximum Gasteiger partial charge on any atom is 0.305 e. The molecule has 29 heavy (non-hydrogen) atoms. The highest BCUT2D eigenvalue weighted by Crippen LogP contribution is 2.43. The highest BCUT2D eigenvalue weighted by Gasteiger charge is 2.35. The van der Waals surface area contributed by atoms with Crippen LogP contribution in [0.3, 0.4) is 0 Å². The molecular weight excluding hydrogens is 422 g/mol. The van der Waals surface area contributed by atoms with E-state index in [9.17, 15) is 18.4 Å². The molecule has 1 unspecified atom stereocenters. The number of ether oxygens (including phenoxy) is 1. The van der Waals surface area contributed by atoms with E-state index < -0.39 is 22.9 Å². The van der Waals surface area contributed by atoms with Crippen LogP contribution in [0.2, 0.25) is 0 Å². The number of rotatable bonds is 5. The molecule has 0 saturated heterocycles. The minimum absolute atomic E-state index is 0.0231. The number of hydrogen-bond acceptors (Lipinski definition) is 6. The summed E-state index contributed by atoms with van der Waals surface area (Å²) >= 11 is 2.13. The Morgan fingerprint density at radius 3 is 2.83 bits per heavy atom. The van der Waals surface area contributed by atoms with Crippen LogP contribution in [0.5, 0.6) is 5.75 Å². The third-order valence-electron chi connectivity index (χ3n) is 4.42. The van der Waals surface area contributed by atoms with Gasteiger partial charge in [0, 0.05) is 4.90 Å². The molecule has 1 aliphatic heterocycles. The number of benzene rings is 2. The Morgan fingerprint density at radius 1 is 1.31 bits per heavy atom. The maximum atomic E-state index is 14.0. The Labute approximate surface area is 172 Å². The Balaban J connectivity index is 1.74. The number of halogens is 2. The number of anilines is 1. The predicted molar refractivity (Wildman–Crippen MR) is 106 cm³/mol. The van der Waals surface area contributed by atoms with Crippen molar-refractivity contribution in [1.82, 2.24) is 4.98 Å². The molecule has 10 heteroatoms. The number of carboxylic acid groups (broad SMARTS) is 1. The van der Waals surface area contributed by atoms with E-state index in [4.69, 9.17) is 9.84 Å². The van der Waals surface area contributed by atoms with E-state index in [0.717, 1.165) is 17.4 Å². The van der Waals surface area contributed by atoms with Crippen LogP contribution in [-0.2, 0) is 16.1 Å². The van der Waals surface area contributed by atoms with Crippen LogP contribution in [0.4, 0.5) is 14.5 Å². The molecular formula is C19H14F2N2O4S2. The molecule has 1 amide bonds. The minimum atomic E-state index is -1.08. The molecule has 0 saturated carbocycles. The van der Waals surface area contributed by atoms with Crippen LogP contribution in [0, 0.1) is 11.6 Å². The number of aromatic nitrogens is 1. The lowest BCUT2D eigenvalue weighted by Crippen LogP contribution is -2.41. The molecule has 1 aromatic heterocycles. The quantitative estimate of drug-likeness (QED) is 0.650. The summed E-state index contributed by atoms with van der Waals surface area (Å²) in [6.07, 6.45) is -0.337. The largest absolute Gasteiger partial charge is 0.497 e. The van der Waals surface area contributed by atoms with Gasteiger partial charge in [-0.2, -0.15) is 0 Å². The average Bonchev–Trinajstić information content (AvgIpc) is 3.10. The van der Waals surface area contributed by atoms with E-state index in [1.165, 1.54) is 29.8 Å². The van der Waals surface area contributed by atoms with Crippen molar-refractivity contribution < 1.29 is 28.2 Å². The molecule has 0 spiro atoms. The number of nitrogens with zero attached hydrogens (tertiary/aromatic N) is 2. The number of thiazole rings is 1. The topological polar surface area (TPSA) is 79.7 Å². The second-order valence-corrected chi connectivity index (χ2v) is 8.61. The lowest BCUT2D eigenvalue weighted by molar-refractivity contribution is -0.138. The van der Waals surface area contributed by atoms with Crippen molar-refractivity contribution in [2.45, 2.75) is 23.1 Å². The molecule has 0 bridgehead atoms.